The Morgan fingerprint density at radius 3 is 2.81 bits per heavy atom. The van der Waals surface area contributed by atoms with E-state index in [-0.39, 0.29) is 18.0 Å². The first-order valence-corrected chi connectivity index (χ1v) is 7.26. The summed E-state index contributed by atoms with van der Waals surface area (Å²) in [6, 6.07) is 4.69. The number of carbonyl (C=O) groups is 1. The Kier molecular flexibility index (Phi) is 4.52. The summed E-state index contributed by atoms with van der Waals surface area (Å²) in [6.45, 7) is 5.54. The van der Waals surface area contributed by atoms with Gasteiger partial charge in [-0.2, -0.15) is 0 Å². The topological polar surface area (TPSA) is 58.6 Å². The molecular formula is C16H22FNO3. The Balaban J connectivity index is 2.06. The molecule has 1 saturated carbocycles. The van der Waals surface area contributed by atoms with E-state index < -0.39 is 11.5 Å². The van der Waals surface area contributed by atoms with Gasteiger partial charge in [0.1, 0.15) is 23.2 Å². The highest BCUT2D eigenvalue weighted by atomic mass is 19.1. The van der Waals surface area contributed by atoms with Gasteiger partial charge in [0.05, 0.1) is 0 Å². The Bertz CT molecular complexity index is 532. The van der Waals surface area contributed by atoms with Crippen LogP contribution >= 0.6 is 0 Å². The fourth-order valence-electron chi connectivity index (χ4n) is 2.92. The molecule has 0 aliphatic heterocycles. The molecule has 0 radical (unpaired) electrons. The summed E-state index contributed by atoms with van der Waals surface area (Å²) in [5, 5.41) is 12.7. The number of rotatable bonds is 5. The van der Waals surface area contributed by atoms with Crippen LogP contribution in [0.5, 0.6) is 5.75 Å². The van der Waals surface area contributed by atoms with Gasteiger partial charge >= 0.3 is 5.97 Å². The molecule has 21 heavy (non-hydrogen) atoms. The molecule has 1 aromatic rings. The molecule has 0 spiro atoms. The summed E-state index contributed by atoms with van der Waals surface area (Å²) in [4.78, 5) is 11.6. The number of nitrogens with one attached hydrogen (secondary N) is 1. The van der Waals surface area contributed by atoms with Crippen LogP contribution in [0.3, 0.4) is 0 Å². The fourth-order valence-corrected chi connectivity index (χ4v) is 2.92. The first-order chi connectivity index (χ1) is 9.82. The van der Waals surface area contributed by atoms with Crippen LogP contribution in [0.2, 0.25) is 0 Å². The van der Waals surface area contributed by atoms with E-state index in [9.17, 15) is 14.3 Å². The van der Waals surface area contributed by atoms with Crippen molar-refractivity contribution >= 4 is 5.97 Å². The Morgan fingerprint density at radius 2 is 2.24 bits per heavy atom. The highest BCUT2D eigenvalue weighted by molar-refractivity contribution is 5.79. The average molecular weight is 295 g/mol. The summed E-state index contributed by atoms with van der Waals surface area (Å²) in [5.74, 6) is -0.516. The van der Waals surface area contributed by atoms with Gasteiger partial charge in [-0.05, 0) is 57.4 Å². The quantitative estimate of drug-likeness (QED) is 0.877. The van der Waals surface area contributed by atoms with Crippen molar-refractivity contribution in [3.63, 3.8) is 0 Å². The lowest BCUT2D eigenvalue weighted by Crippen LogP contribution is -2.53. The molecule has 2 rings (SSSR count). The Morgan fingerprint density at radius 1 is 1.52 bits per heavy atom. The van der Waals surface area contributed by atoms with Crippen LogP contribution in [0.4, 0.5) is 4.39 Å². The molecule has 2 N–H and O–H groups in total. The summed E-state index contributed by atoms with van der Waals surface area (Å²) in [6.07, 6.45) is 1.45. The molecule has 0 saturated heterocycles. The van der Waals surface area contributed by atoms with Crippen molar-refractivity contribution in [2.24, 2.45) is 0 Å². The lowest BCUT2D eigenvalue weighted by molar-refractivity contribution is -0.145. The molecule has 1 aliphatic carbocycles. The highest BCUT2D eigenvalue weighted by Gasteiger charge is 2.46. The molecule has 2 atom stereocenters. The van der Waals surface area contributed by atoms with Gasteiger partial charge < -0.3 is 9.84 Å². The number of aryl methyl sites for hydroxylation is 1. The molecule has 4 nitrogen and oxygen atoms in total. The molecule has 0 amide bonds. The van der Waals surface area contributed by atoms with Gasteiger partial charge in [0.15, 0.2) is 0 Å². The van der Waals surface area contributed by atoms with E-state index in [2.05, 4.69) is 5.32 Å². The van der Waals surface area contributed by atoms with E-state index in [4.69, 9.17) is 4.74 Å². The van der Waals surface area contributed by atoms with Crippen LogP contribution < -0.4 is 10.1 Å². The van der Waals surface area contributed by atoms with E-state index in [1.54, 1.807) is 19.1 Å². The van der Waals surface area contributed by atoms with Gasteiger partial charge in [0.25, 0.3) is 0 Å². The van der Waals surface area contributed by atoms with E-state index in [0.717, 1.165) is 0 Å². The third-order valence-electron chi connectivity index (χ3n) is 3.88. The van der Waals surface area contributed by atoms with Crippen molar-refractivity contribution in [1.82, 2.24) is 5.32 Å². The molecule has 1 aromatic carbocycles. The second-order valence-corrected chi connectivity index (χ2v) is 6.08. The van der Waals surface area contributed by atoms with Crippen LogP contribution in [0.15, 0.2) is 18.2 Å². The smallest absolute Gasteiger partial charge is 0.324 e. The standard InChI is InChI=1S/C16H22FNO3/c1-10(2)18-16(15(19)20)7-6-13(9-16)21-12-4-5-14(17)11(3)8-12/h4-5,8,10,13,18H,6-7,9H2,1-3H3,(H,19,20). The molecule has 2 unspecified atom stereocenters. The minimum Gasteiger partial charge on any atom is -0.490 e. The second kappa shape index (κ2) is 6.02. The molecule has 1 fully saturated rings. The van der Waals surface area contributed by atoms with Crippen molar-refractivity contribution in [1.29, 1.82) is 0 Å². The van der Waals surface area contributed by atoms with Crippen molar-refractivity contribution in [3.8, 4) is 5.75 Å². The maximum Gasteiger partial charge on any atom is 0.324 e. The predicted molar refractivity (Wildman–Crippen MR) is 78.0 cm³/mol. The number of carboxylic acid groups (broad SMARTS) is 1. The van der Waals surface area contributed by atoms with Crippen LogP contribution in [-0.4, -0.2) is 28.8 Å². The maximum atomic E-state index is 13.2. The van der Waals surface area contributed by atoms with Crippen LogP contribution in [0.25, 0.3) is 0 Å². The number of carboxylic acids is 1. The van der Waals surface area contributed by atoms with Gasteiger partial charge in [-0.15, -0.1) is 0 Å². The van der Waals surface area contributed by atoms with E-state index in [1.165, 1.54) is 6.07 Å². The van der Waals surface area contributed by atoms with E-state index >= 15 is 0 Å². The SMILES string of the molecule is Cc1cc(OC2CCC(NC(C)C)(C(=O)O)C2)ccc1F. The zero-order valence-corrected chi connectivity index (χ0v) is 12.6. The first-order valence-electron chi connectivity index (χ1n) is 7.26. The number of halogens is 1. The fraction of sp³-hybridized carbons (Fsp3) is 0.562. The van der Waals surface area contributed by atoms with Crippen molar-refractivity contribution in [2.45, 2.75) is 57.7 Å². The van der Waals surface area contributed by atoms with Gasteiger partial charge in [-0.1, -0.05) is 0 Å². The summed E-state index contributed by atoms with van der Waals surface area (Å²) in [5.41, 5.74) is -0.399. The molecule has 0 heterocycles. The van der Waals surface area contributed by atoms with Gasteiger partial charge in [0, 0.05) is 12.5 Å². The number of aliphatic carboxylic acids is 1. The summed E-state index contributed by atoms with van der Waals surface area (Å²) in [7, 11) is 0. The van der Waals surface area contributed by atoms with Crippen LogP contribution in [0.1, 0.15) is 38.7 Å². The lowest BCUT2D eigenvalue weighted by atomic mass is 9.96. The van der Waals surface area contributed by atoms with Crippen LogP contribution in [0, 0.1) is 12.7 Å². The third kappa shape index (κ3) is 3.53. The lowest BCUT2D eigenvalue weighted by Gasteiger charge is -2.28. The summed E-state index contributed by atoms with van der Waals surface area (Å²) < 4.78 is 19.1. The van der Waals surface area contributed by atoms with E-state index in [1.807, 2.05) is 13.8 Å². The molecule has 116 valence electrons. The Hall–Kier alpha value is -1.62. The van der Waals surface area contributed by atoms with Crippen molar-refractivity contribution in [3.05, 3.63) is 29.6 Å². The van der Waals surface area contributed by atoms with E-state index in [0.29, 0.717) is 30.6 Å². The number of ether oxygens (including phenoxy) is 1. The number of benzene rings is 1. The maximum absolute atomic E-state index is 13.2. The molecular weight excluding hydrogens is 273 g/mol. The van der Waals surface area contributed by atoms with Gasteiger partial charge in [0.2, 0.25) is 0 Å². The van der Waals surface area contributed by atoms with Crippen LogP contribution in [-0.2, 0) is 4.79 Å². The zero-order valence-electron chi connectivity index (χ0n) is 12.6. The average Bonchev–Trinajstić information content (AvgIpc) is 2.77. The largest absolute Gasteiger partial charge is 0.490 e. The minimum absolute atomic E-state index is 0.0907. The number of hydrogen-bond acceptors (Lipinski definition) is 3. The van der Waals surface area contributed by atoms with Crippen molar-refractivity contribution < 1.29 is 19.0 Å². The van der Waals surface area contributed by atoms with Crippen molar-refractivity contribution in [2.75, 3.05) is 0 Å². The first kappa shape index (κ1) is 15.8. The highest BCUT2D eigenvalue weighted by Crippen LogP contribution is 2.34. The summed E-state index contributed by atoms with van der Waals surface area (Å²) >= 11 is 0. The predicted octanol–water partition coefficient (Wildman–Crippen LogP) is 2.89. The molecule has 0 aromatic heterocycles. The zero-order chi connectivity index (χ0) is 15.6. The molecule has 5 heteroatoms. The van der Waals surface area contributed by atoms with Gasteiger partial charge in [-0.25, -0.2) is 4.39 Å². The minimum atomic E-state index is -0.923. The molecule has 1 aliphatic rings. The third-order valence-corrected chi connectivity index (χ3v) is 3.88. The Labute approximate surface area is 124 Å². The van der Waals surface area contributed by atoms with Gasteiger partial charge in [-0.3, -0.25) is 10.1 Å². The monoisotopic (exact) mass is 295 g/mol. The second-order valence-electron chi connectivity index (χ2n) is 6.08. The normalized spacial score (nSPS) is 25.3. The number of hydrogen-bond donors (Lipinski definition) is 2. The molecule has 0 bridgehead atoms.